The molecule has 0 aromatic heterocycles. The van der Waals surface area contributed by atoms with Gasteiger partial charge in [0.05, 0.1) is 28.7 Å². The summed E-state index contributed by atoms with van der Waals surface area (Å²) in [6, 6.07) is 3.59. The number of methoxy groups -OCH3 is 1. The maximum Gasteiger partial charge on any atom is 0.336 e. The summed E-state index contributed by atoms with van der Waals surface area (Å²) in [6.07, 6.45) is 4.24. The van der Waals surface area contributed by atoms with Gasteiger partial charge in [-0.1, -0.05) is 6.07 Å². The average Bonchev–Trinajstić information content (AvgIpc) is 3.35. The summed E-state index contributed by atoms with van der Waals surface area (Å²) in [5.41, 5.74) is 2.28. The Morgan fingerprint density at radius 2 is 1.95 bits per heavy atom. The molecule has 2 aliphatic rings. The van der Waals surface area contributed by atoms with Crippen molar-refractivity contribution >= 4 is 16.8 Å². The minimum atomic E-state index is -1.18. The molecule has 3 rings (SSSR count). The van der Waals surface area contributed by atoms with Crippen LogP contribution in [0.5, 0.6) is 0 Å². The Kier molecular flexibility index (Phi) is 4.13. The maximum absolute atomic E-state index is 12.7. The van der Waals surface area contributed by atoms with Gasteiger partial charge < -0.3 is 9.84 Å². The molecule has 0 amide bonds. The van der Waals surface area contributed by atoms with Crippen LogP contribution >= 0.6 is 0 Å². The SMILES string of the molecule is COCC[S@@](=O)c1c(C2CC2)ccc(C(=O)O)c1C1CC1. The third kappa shape index (κ3) is 3.04. The van der Waals surface area contributed by atoms with E-state index in [0.29, 0.717) is 23.8 Å². The van der Waals surface area contributed by atoms with Crippen LogP contribution in [0.3, 0.4) is 0 Å². The first kappa shape index (κ1) is 14.7. The number of aromatic carboxylic acids is 1. The van der Waals surface area contributed by atoms with Crippen LogP contribution in [-0.2, 0) is 15.5 Å². The molecular formula is C16H20O4S. The summed E-state index contributed by atoms with van der Waals surface area (Å²) < 4.78 is 17.8. The van der Waals surface area contributed by atoms with Gasteiger partial charge in [0, 0.05) is 12.0 Å². The zero-order valence-corrected chi connectivity index (χ0v) is 12.9. The molecule has 2 fully saturated rings. The molecule has 4 nitrogen and oxygen atoms in total. The first-order chi connectivity index (χ1) is 10.1. The number of ether oxygens (including phenoxy) is 1. The molecular weight excluding hydrogens is 288 g/mol. The molecule has 0 bridgehead atoms. The molecule has 1 atom stereocenters. The third-order valence-corrected chi connectivity index (χ3v) is 5.61. The fraction of sp³-hybridized carbons (Fsp3) is 0.562. The van der Waals surface area contributed by atoms with E-state index >= 15 is 0 Å². The van der Waals surface area contributed by atoms with Crippen LogP contribution < -0.4 is 0 Å². The van der Waals surface area contributed by atoms with Crippen LogP contribution in [0.25, 0.3) is 0 Å². The van der Waals surface area contributed by atoms with Gasteiger partial charge in [-0.05, 0) is 54.7 Å². The molecule has 1 N–H and O–H groups in total. The fourth-order valence-electron chi connectivity index (χ4n) is 2.81. The van der Waals surface area contributed by atoms with Crippen LogP contribution in [0, 0.1) is 0 Å². The molecule has 2 aliphatic carbocycles. The molecule has 1 aromatic rings. The van der Waals surface area contributed by atoms with Crippen LogP contribution in [0.2, 0.25) is 0 Å². The minimum Gasteiger partial charge on any atom is -0.478 e. The van der Waals surface area contributed by atoms with Crippen molar-refractivity contribution in [2.75, 3.05) is 19.5 Å². The molecule has 0 radical (unpaired) electrons. The largest absolute Gasteiger partial charge is 0.478 e. The van der Waals surface area contributed by atoms with Gasteiger partial charge in [-0.25, -0.2) is 4.79 Å². The Labute approximate surface area is 127 Å². The Bertz CT molecular complexity index is 588. The zero-order valence-electron chi connectivity index (χ0n) is 12.1. The standard InChI is InChI=1S/C16H20O4S/c1-20-8-9-21(19)15-12(10-2-3-10)6-7-13(16(17)18)14(15)11-4-5-11/h6-7,10-11H,2-5,8-9H2,1H3,(H,17,18)/t21-/m1/s1. The van der Waals surface area contributed by atoms with Crippen molar-refractivity contribution < 1.29 is 18.8 Å². The molecule has 21 heavy (non-hydrogen) atoms. The monoisotopic (exact) mass is 308 g/mol. The van der Waals surface area contributed by atoms with Crippen LogP contribution in [0.1, 0.15) is 59.0 Å². The predicted octanol–water partition coefficient (Wildman–Crippen LogP) is 2.89. The maximum atomic E-state index is 12.7. The molecule has 0 spiro atoms. The normalized spacial score (nSPS) is 19.5. The lowest BCUT2D eigenvalue weighted by molar-refractivity contribution is 0.0695. The molecule has 5 heteroatoms. The average molecular weight is 308 g/mol. The second-order valence-electron chi connectivity index (χ2n) is 5.84. The Balaban J connectivity index is 2.09. The van der Waals surface area contributed by atoms with Crippen molar-refractivity contribution in [1.82, 2.24) is 0 Å². The van der Waals surface area contributed by atoms with Gasteiger partial charge in [-0.2, -0.15) is 0 Å². The lowest BCUT2D eigenvalue weighted by atomic mass is 9.98. The quantitative estimate of drug-likeness (QED) is 0.841. The van der Waals surface area contributed by atoms with Crippen LogP contribution in [-0.4, -0.2) is 34.8 Å². The van der Waals surface area contributed by atoms with Crippen molar-refractivity contribution in [2.45, 2.75) is 42.4 Å². The lowest BCUT2D eigenvalue weighted by Gasteiger charge is -2.16. The Morgan fingerprint density at radius 3 is 2.48 bits per heavy atom. The molecule has 0 saturated heterocycles. The summed E-state index contributed by atoms with van der Waals surface area (Å²) in [6.45, 7) is 0.429. The van der Waals surface area contributed by atoms with Gasteiger partial charge in [0.15, 0.2) is 0 Å². The smallest absolute Gasteiger partial charge is 0.336 e. The van der Waals surface area contributed by atoms with Crippen molar-refractivity contribution in [2.24, 2.45) is 0 Å². The van der Waals surface area contributed by atoms with Crippen LogP contribution in [0.4, 0.5) is 0 Å². The second kappa shape index (κ2) is 5.89. The molecule has 0 unspecified atom stereocenters. The van der Waals surface area contributed by atoms with E-state index in [9.17, 15) is 14.1 Å². The summed E-state index contributed by atoms with van der Waals surface area (Å²) in [5, 5.41) is 9.45. The Morgan fingerprint density at radius 1 is 1.29 bits per heavy atom. The van der Waals surface area contributed by atoms with Crippen molar-refractivity contribution in [1.29, 1.82) is 0 Å². The molecule has 0 aliphatic heterocycles. The fourth-order valence-corrected chi connectivity index (χ4v) is 4.35. The number of hydrogen-bond donors (Lipinski definition) is 1. The summed E-state index contributed by atoms with van der Waals surface area (Å²) in [4.78, 5) is 12.3. The Hall–Kier alpha value is -1.20. The predicted molar refractivity (Wildman–Crippen MR) is 80.5 cm³/mol. The first-order valence-corrected chi connectivity index (χ1v) is 8.72. The van der Waals surface area contributed by atoms with E-state index in [1.54, 1.807) is 13.2 Å². The topological polar surface area (TPSA) is 63.6 Å². The van der Waals surface area contributed by atoms with E-state index in [1.165, 1.54) is 0 Å². The van der Waals surface area contributed by atoms with Crippen LogP contribution in [0.15, 0.2) is 17.0 Å². The number of carboxylic acid groups (broad SMARTS) is 1. The number of rotatable bonds is 7. The highest BCUT2D eigenvalue weighted by Gasteiger charge is 2.36. The van der Waals surface area contributed by atoms with E-state index in [2.05, 4.69) is 0 Å². The minimum absolute atomic E-state index is 0.274. The van der Waals surface area contributed by atoms with Gasteiger partial charge in [0.25, 0.3) is 0 Å². The van der Waals surface area contributed by atoms with E-state index in [4.69, 9.17) is 4.74 Å². The number of benzene rings is 1. The highest BCUT2D eigenvalue weighted by molar-refractivity contribution is 7.85. The van der Waals surface area contributed by atoms with Gasteiger partial charge in [0.1, 0.15) is 0 Å². The van der Waals surface area contributed by atoms with E-state index in [0.717, 1.165) is 41.7 Å². The second-order valence-corrected chi connectivity index (χ2v) is 7.35. The first-order valence-electron chi connectivity index (χ1n) is 7.41. The zero-order chi connectivity index (χ0) is 15.0. The van der Waals surface area contributed by atoms with Crippen molar-refractivity contribution in [3.8, 4) is 0 Å². The summed E-state index contributed by atoms with van der Waals surface area (Å²) in [7, 11) is 0.409. The molecule has 2 saturated carbocycles. The highest BCUT2D eigenvalue weighted by Crippen LogP contribution is 2.49. The highest BCUT2D eigenvalue weighted by atomic mass is 32.2. The third-order valence-electron chi connectivity index (χ3n) is 4.16. The molecule has 114 valence electrons. The summed E-state index contributed by atoms with van der Waals surface area (Å²) in [5.74, 6) is 0.256. The van der Waals surface area contributed by atoms with Crippen molar-refractivity contribution in [3.05, 3.63) is 28.8 Å². The van der Waals surface area contributed by atoms with Gasteiger partial charge in [-0.15, -0.1) is 0 Å². The van der Waals surface area contributed by atoms with E-state index in [-0.39, 0.29) is 5.92 Å². The van der Waals surface area contributed by atoms with E-state index < -0.39 is 16.8 Å². The molecule has 0 heterocycles. The summed E-state index contributed by atoms with van der Waals surface area (Å²) >= 11 is 0. The van der Waals surface area contributed by atoms with Gasteiger partial charge in [-0.3, -0.25) is 4.21 Å². The van der Waals surface area contributed by atoms with E-state index in [1.807, 2.05) is 6.07 Å². The molecule has 1 aromatic carbocycles. The number of hydrogen-bond acceptors (Lipinski definition) is 3. The van der Waals surface area contributed by atoms with Gasteiger partial charge >= 0.3 is 5.97 Å². The lowest BCUT2D eigenvalue weighted by Crippen LogP contribution is -2.13. The number of carboxylic acids is 1. The van der Waals surface area contributed by atoms with Gasteiger partial charge in [0.2, 0.25) is 0 Å². The number of carbonyl (C=O) groups is 1. The van der Waals surface area contributed by atoms with Crippen molar-refractivity contribution in [3.63, 3.8) is 0 Å².